The van der Waals surface area contributed by atoms with E-state index in [1.165, 1.54) is 11.3 Å². The molecule has 0 atom stereocenters. The number of aliphatic carboxylic acids is 1. The molecule has 1 amide bonds. The Labute approximate surface area is 110 Å². The summed E-state index contributed by atoms with van der Waals surface area (Å²) < 4.78 is 0. The van der Waals surface area contributed by atoms with Crippen molar-refractivity contribution in [1.82, 2.24) is 10.3 Å². The van der Waals surface area contributed by atoms with Gasteiger partial charge in [-0.25, -0.2) is 4.98 Å². The Morgan fingerprint density at radius 1 is 1.44 bits per heavy atom. The summed E-state index contributed by atoms with van der Waals surface area (Å²) in [6, 6.07) is 0. The lowest BCUT2D eigenvalue weighted by Gasteiger charge is -2.23. The van der Waals surface area contributed by atoms with Crippen molar-refractivity contribution in [1.29, 1.82) is 0 Å². The summed E-state index contributed by atoms with van der Waals surface area (Å²) in [7, 11) is 0. The molecule has 0 saturated heterocycles. The van der Waals surface area contributed by atoms with Gasteiger partial charge < -0.3 is 10.4 Å². The van der Waals surface area contributed by atoms with Gasteiger partial charge >= 0.3 is 5.97 Å². The summed E-state index contributed by atoms with van der Waals surface area (Å²) in [5.74, 6) is -0.958. The topological polar surface area (TPSA) is 79.3 Å². The van der Waals surface area contributed by atoms with Crippen molar-refractivity contribution in [3.05, 3.63) is 16.6 Å². The predicted octanol–water partition coefficient (Wildman–Crippen LogP) is 2.15. The third-order valence-electron chi connectivity index (χ3n) is 2.77. The van der Waals surface area contributed by atoms with Gasteiger partial charge in [0, 0.05) is 18.3 Å². The van der Waals surface area contributed by atoms with Crippen LogP contribution in [0.3, 0.4) is 0 Å². The summed E-state index contributed by atoms with van der Waals surface area (Å²) in [6.45, 7) is 4.54. The number of thiazole rings is 1. The van der Waals surface area contributed by atoms with Crippen LogP contribution in [0, 0.1) is 5.41 Å². The van der Waals surface area contributed by atoms with Gasteiger partial charge in [0.2, 0.25) is 0 Å². The fraction of sp³-hybridized carbons (Fsp3) is 0.583. The molecule has 0 saturated carbocycles. The van der Waals surface area contributed by atoms with Gasteiger partial charge in [-0.05, 0) is 18.3 Å². The Bertz CT molecular complexity index is 401. The Hall–Kier alpha value is -1.43. The minimum atomic E-state index is -0.783. The molecule has 6 heteroatoms. The third-order valence-corrected chi connectivity index (χ3v) is 3.35. The number of rotatable bonds is 7. The van der Waals surface area contributed by atoms with Crippen LogP contribution >= 0.6 is 11.3 Å². The van der Waals surface area contributed by atoms with Crippen molar-refractivity contribution >= 4 is 23.2 Å². The van der Waals surface area contributed by atoms with Crippen LogP contribution in [0.25, 0.3) is 0 Å². The number of carbonyl (C=O) groups is 2. The Morgan fingerprint density at radius 2 is 2.17 bits per heavy atom. The monoisotopic (exact) mass is 270 g/mol. The van der Waals surface area contributed by atoms with Gasteiger partial charge in [0.25, 0.3) is 5.91 Å². The lowest BCUT2D eigenvalue weighted by atomic mass is 9.84. The molecule has 1 aromatic heterocycles. The first kappa shape index (κ1) is 14.6. The Balaban J connectivity index is 2.28. The van der Waals surface area contributed by atoms with Gasteiger partial charge in [-0.3, -0.25) is 9.59 Å². The number of carboxylic acid groups (broad SMARTS) is 1. The van der Waals surface area contributed by atoms with Crippen LogP contribution in [-0.2, 0) is 4.79 Å². The molecule has 100 valence electrons. The largest absolute Gasteiger partial charge is 0.481 e. The van der Waals surface area contributed by atoms with Gasteiger partial charge in [-0.15, -0.1) is 11.3 Å². The van der Waals surface area contributed by atoms with E-state index in [-0.39, 0.29) is 17.7 Å². The van der Waals surface area contributed by atoms with E-state index in [4.69, 9.17) is 5.11 Å². The van der Waals surface area contributed by atoms with Crippen LogP contribution in [0.2, 0.25) is 0 Å². The Morgan fingerprint density at radius 3 is 2.72 bits per heavy atom. The highest BCUT2D eigenvalue weighted by Gasteiger charge is 2.19. The fourth-order valence-electron chi connectivity index (χ4n) is 1.50. The summed E-state index contributed by atoms with van der Waals surface area (Å²) >= 11 is 1.38. The van der Waals surface area contributed by atoms with Crippen LogP contribution in [0.4, 0.5) is 0 Å². The maximum atomic E-state index is 11.6. The highest BCUT2D eigenvalue weighted by atomic mass is 32.1. The molecule has 0 spiro atoms. The molecule has 0 bridgehead atoms. The first-order chi connectivity index (χ1) is 8.41. The maximum absolute atomic E-state index is 11.6. The van der Waals surface area contributed by atoms with Crippen LogP contribution < -0.4 is 5.32 Å². The minimum Gasteiger partial charge on any atom is -0.481 e. The van der Waals surface area contributed by atoms with Crippen molar-refractivity contribution in [2.24, 2.45) is 5.41 Å². The number of aromatic nitrogens is 1. The first-order valence-corrected chi connectivity index (χ1v) is 6.73. The summed E-state index contributed by atoms with van der Waals surface area (Å²) in [5, 5.41) is 13.1. The fourth-order valence-corrected chi connectivity index (χ4v) is 2.03. The standard InChI is InChI=1S/C12H18N2O3S/c1-12(2,4-3-10(15)16)5-6-13-11(17)9-7-18-8-14-9/h7-8H,3-6H2,1-2H3,(H,13,17)(H,15,16). The van der Waals surface area contributed by atoms with Gasteiger partial charge in [0.15, 0.2) is 0 Å². The SMILES string of the molecule is CC(C)(CCNC(=O)c1cscn1)CCC(=O)O. The molecular weight excluding hydrogens is 252 g/mol. The number of carbonyl (C=O) groups excluding carboxylic acids is 1. The van der Waals surface area contributed by atoms with Crippen molar-refractivity contribution in [2.45, 2.75) is 33.1 Å². The summed E-state index contributed by atoms with van der Waals surface area (Å²) in [6.07, 6.45) is 1.51. The lowest BCUT2D eigenvalue weighted by molar-refractivity contribution is -0.137. The molecule has 0 unspecified atom stereocenters. The molecule has 1 rings (SSSR count). The summed E-state index contributed by atoms with van der Waals surface area (Å²) in [4.78, 5) is 26.0. The minimum absolute atomic E-state index is 0.0895. The molecule has 0 fully saturated rings. The second-order valence-corrected chi connectivity index (χ2v) is 5.66. The van der Waals surface area contributed by atoms with Crippen molar-refractivity contribution in [2.75, 3.05) is 6.54 Å². The van der Waals surface area contributed by atoms with Crippen LogP contribution in [0.1, 0.15) is 43.6 Å². The van der Waals surface area contributed by atoms with Gasteiger partial charge in [0.1, 0.15) is 5.69 Å². The zero-order valence-electron chi connectivity index (χ0n) is 10.6. The van der Waals surface area contributed by atoms with E-state index >= 15 is 0 Å². The van der Waals surface area contributed by atoms with Gasteiger partial charge in [-0.2, -0.15) is 0 Å². The van der Waals surface area contributed by atoms with E-state index in [0.29, 0.717) is 18.7 Å². The van der Waals surface area contributed by atoms with E-state index in [9.17, 15) is 9.59 Å². The van der Waals surface area contributed by atoms with Crippen molar-refractivity contribution < 1.29 is 14.7 Å². The predicted molar refractivity (Wildman–Crippen MR) is 69.7 cm³/mol. The van der Waals surface area contributed by atoms with Gasteiger partial charge in [0.05, 0.1) is 5.51 Å². The van der Waals surface area contributed by atoms with E-state index in [1.54, 1.807) is 10.9 Å². The molecule has 0 radical (unpaired) electrons. The van der Waals surface area contributed by atoms with Crippen LogP contribution in [-0.4, -0.2) is 28.5 Å². The lowest BCUT2D eigenvalue weighted by Crippen LogP contribution is -2.28. The smallest absolute Gasteiger partial charge is 0.303 e. The van der Waals surface area contributed by atoms with E-state index < -0.39 is 5.97 Å². The van der Waals surface area contributed by atoms with Crippen molar-refractivity contribution in [3.63, 3.8) is 0 Å². The quantitative estimate of drug-likeness (QED) is 0.795. The molecule has 1 heterocycles. The molecule has 0 aliphatic heterocycles. The summed E-state index contributed by atoms with van der Waals surface area (Å²) in [5.41, 5.74) is 1.96. The van der Waals surface area contributed by atoms with Gasteiger partial charge in [-0.1, -0.05) is 13.8 Å². The molecule has 0 aliphatic carbocycles. The molecule has 18 heavy (non-hydrogen) atoms. The van der Waals surface area contributed by atoms with E-state index in [2.05, 4.69) is 10.3 Å². The number of nitrogens with zero attached hydrogens (tertiary/aromatic N) is 1. The average molecular weight is 270 g/mol. The second-order valence-electron chi connectivity index (χ2n) is 4.94. The van der Waals surface area contributed by atoms with Crippen LogP contribution in [0.15, 0.2) is 10.9 Å². The second kappa shape index (κ2) is 6.49. The molecule has 2 N–H and O–H groups in total. The Kier molecular flexibility index (Phi) is 5.27. The normalized spacial score (nSPS) is 11.2. The highest BCUT2D eigenvalue weighted by molar-refractivity contribution is 7.07. The molecule has 0 aromatic carbocycles. The number of amides is 1. The molecular formula is C12H18N2O3S. The molecule has 0 aliphatic rings. The highest BCUT2D eigenvalue weighted by Crippen LogP contribution is 2.25. The zero-order valence-corrected chi connectivity index (χ0v) is 11.4. The number of hydrogen-bond donors (Lipinski definition) is 2. The number of hydrogen-bond acceptors (Lipinski definition) is 4. The number of carboxylic acids is 1. The molecule has 1 aromatic rings. The molecule has 5 nitrogen and oxygen atoms in total. The third kappa shape index (κ3) is 5.27. The van der Waals surface area contributed by atoms with Crippen molar-refractivity contribution in [3.8, 4) is 0 Å². The van der Waals surface area contributed by atoms with E-state index in [1.807, 2.05) is 13.8 Å². The number of nitrogens with one attached hydrogen (secondary N) is 1. The average Bonchev–Trinajstić information content (AvgIpc) is 2.79. The van der Waals surface area contributed by atoms with E-state index in [0.717, 1.165) is 6.42 Å². The first-order valence-electron chi connectivity index (χ1n) is 5.79. The zero-order chi connectivity index (χ0) is 13.6. The van der Waals surface area contributed by atoms with Crippen LogP contribution in [0.5, 0.6) is 0 Å². The maximum Gasteiger partial charge on any atom is 0.303 e.